The molecule has 28 heavy (non-hydrogen) atoms. The number of thiazole rings is 1. The zero-order valence-electron chi connectivity index (χ0n) is 17.3. The van der Waals surface area contributed by atoms with Gasteiger partial charge in [-0.2, -0.15) is 0 Å². The molecule has 2 aromatic rings. The molecule has 1 aromatic carbocycles. The van der Waals surface area contributed by atoms with Crippen molar-refractivity contribution in [2.24, 2.45) is 4.99 Å². The topological polar surface area (TPSA) is 59.0 Å². The van der Waals surface area contributed by atoms with Crippen molar-refractivity contribution in [3.63, 3.8) is 0 Å². The van der Waals surface area contributed by atoms with Crippen molar-refractivity contribution < 1.29 is 9.47 Å². The predicted octanol–water partition coefficient (Wildman–Crippen LogP) is 4.25. The van der Waals surface area contributed by atoms with E-state index in [1.165, 1.54) is 5.56 Å². The second kappa shape index (κ2) is 12.9. The number of rotatable bonds is 9. The summed E-state index contributed by atoms with van der Waals surface area (Å²) in [6.07, 6.45) is 0.924. The zero-order chi connectivity index (χ0) is 19.6. The van der Waals surface area contributed by atoms with E-state index < -0.39 is 0 Å². The lowest BCUT2D eigenvalue weighted by Gasteiger charge is -2.21. The highest BCUT2D eigenvalue weighted by molar-refractivity contribution is 14.0. The first-order valence-corrected chi connectivity index (χ1v) is 9.99. The number of hydrogen-bond acceptors (Lipinski definition) is 5. The van der Waals surface area contributed by atoms with E-state index in [0.717, 1.165) is 35.4 Å². The van der Waals surface area contributed by atoms with Crippen LogP contribution in [-0.4, -0.2) is 50.2 Å². The zero-order valence-corrected chi connectivity index (χ0v) is 20.4. The number of nitrogens with one attached hydrogen (secondary N) is 1. The lowest BCUT2D eigenvalue weighted by Crippen LogP contribution is -2.39. The highest BCUT2D eigenvalue weighted by Crippen LogP contribution is 2.20. The van der Waals surface area contributed by atoms with E-state index in [4.69, 9.17) is 9.47 Å². The average Bonchev–Trinajstić information content (AvgIpc) is 3.13. The molecule has 0 saturated carbocycles. The summed E-state index contributed by atoms with van der Waals surface area (Å²) in [7, 11) is 5.50. The molecule has 8 heteroatoms. The van der Waals surface area contributed by atoms with Gasteiger partial charge in [0.05, 0.1) is 18.8 Å². The van der Waals surface area contributed by atoms with Crippen LogP contribution in [0.5, 0.6) is 5.75 Å². The smallest absolute Gasteiger partial charge is 0.193 e. The monoisotopic (exact) mass is 518 g/mol. The molecule has 2 rings (SSSR count). The van der Waals surface area contributed by atoms with E-state index in [-0.39, 0.29) is 30.1 Å². The number of halogens is 1. The molecule has 1 N–H and O–H groups in total. The number of hydrogen-bond donors (Lipinski definition) is 1. The van der Waals surface area contributed by atoms with Gasteiger partial charge in [0.1, 0.15) is 16.9 Å². The van der Waals surface area contributed by atoms with Crippen LogP contribution in [-0.2, 0) is 11.3 Å². The summed E-state index contributed by atoms with van der Waals surface area (Å²) in [5.41, 5.74) is 2.26. The SMILES string of the molecule is CN=C(NCCCOc1ccc(C)cc1)N(C)Cc1csc(C(C)OC)n1.I. The van der Waals surface area contributed by atoms with Crippen LogP contribution in [0.2, 0.25) is 0 Å². The molecule has 0 bridgehead atoms. The molecule has 1 heterocycles. The Morgan fingerprint density at radius 3 is 2.68 bits per heavy atom. The van der Waals surface area contributed by atoms with Crippen LogP contribution in [0.25, 0.3) is 0 Å². The third-order valence-corrected chi connectivity index (χ3v) is 5.19. The molecule has 0 amide bonds. The number of nitrogens with zero attached hydrogens (tertiary/aromatic N) is 3. The van der Waals surface area contributed by atoms with Crippen LogP contribution in [0, 0.1) is 6.92 Å². The number of guanidine groups is 1. The van der Waals surface area contributed by atoms with Gasteiger partial charge in [-0.1, -0.05) is 17.7 Å². The van der Waals surface area contributed by atoms with Crippen molar-refractivity contribution in [2.75, 3.05) is 34.4 Å². The van der Waals surface area contributed by atoms with E-state index in [1.54, 1.807) is 25.5 Å². The third-order valence-electron chi connectivity index (χ3n) is 4.14. The molecular weight excluding hydrogens is 487 g/mol. The number of aromatic nitrogens is 1. The summed E-state index contributed by atoms with van der Waals surface area (Å²) in [6, 6.07) is 8.12. The molecule has 0 spiro atoms. The Morgan fingerprint density at radius 1 is 1.32 bits per heavy atom. The summed E-state index contributed by atoms with van der Waals surface area (Å²) in [6.45, 7) is 6.24. The van der Waals surface area contributed by atoms with Crippen molar-refractivity contribution in [3.05, 3.63) is 45.9 Å². The first kappa shape index (κ1) is 24.6. The molecule has 0 aliphatic heterocycles. The molecular formula is C20H31IN4O2S. The summed E-state index contributed by atoms with van der Waals surface area (Å²) < 4.78 is 11.1. The average molecular weight is 518 g/mol. The van der Waals surface area contributed by atoms with Gasteiger partial charge in [-0.05, 0) is 32.4 Å². The van der Waals surface area contributed by atoms with Gasteiger partial charge in [0.2, 0.25) is 0 Å². The molecule has 6 nitrogen and oxygen atoms in total. The quantitative estimate of drug-likeness (QED) is 0.233. The van der Waals surface area contributed by atoms with Crippen LogP contribution < -0.4 is 10.1 Å². The highest BCUT2D eigenvalue weighted by atomic mass is 127. The van der Waals surface area contributed by atoms with Gasteiger partial charge in [-0.25, -0.2) is 4.98 Å². The van der Waals surface area contributed by atoms with E-state index in [9.17, 15) is 0 Å². The standard InChI is InChI=1S/C20H30N4O2S.HI/c1-15-7-9-18(10-8-15)26-12-6-11-22-20(21-3)24(4)13-17-14-27-19(23-17)16(2)25-5;/h7-10,14,16H,6,11-13H2,1-5H3,(H,21,22);1H. The van der Waals surface area contributed by atoms with E-state index in [0.29, 0.717) is 13.2 Å². The summed E-state index contributed by atoms with van der Waals surface area (Å²) in [4.78, 5) is 11.1. The highest BCUT2D eigenvalue weighted by Gasteiger charge is 2.12. The molecule has 0 aliphatic rings. The Kier molecular flexibility index (Phi) is 11.4. The Balaban J connectivity index is 0.00000392. The summed E-state index contributed by atoms with van der Waals surface area (Å²) in [5.74, 6) is 1.76. The fourth-order valence-electron chi connectivity index (χ4n) is 2.48. The minimum Gasteiger partial charge on any atom is -0.494 e. The van der Waals surface area contributed by atoms with Crippen LogP contribution in [0.1, 0.15) is 35.7 Å². The van der Waals surface area contributed by atoms with Crippen molar-refractivity contribution in [1.82, 2.24) is 15.2 Å². The van der Waals surface area contributed by atoms with Gasteiger partial charge in [0.15, 0.2) is 5.96 Å². The molecule has 156 valence electrons. The van der Waals surface area contributed by atoms with Gasteiger partial charge < -0.3 is 19.7 Å². The lowest BCUT2D eigenvalue weighted by molar-refractivity contribution is 0.119. The molecule has 0 fully saturated rings. The van der Waals surface area contributed by atoms with Gasteiger partial charge >= 0.3 is 0 Å². The second-order valence-corrected chi connectivity index (χ2v) is 7.29. The van der Waals surface area contributed by atoms with Crippen LogP contribution in [0.15, 0.2) is 34.6 Å². The maximum atomic E-state index is 5.75. The summed E-state index contributed by atoms with van der Waals surface area (Å²) in [5, 5.41) is 6.44. The maximum absolute atomic E-state index is 5.75. The Bertz CT molecular complexity index is 721. The predicted molar refractivity (Wildman–Crippen MR) is 127 cm³/mol. The maximum Gasteiger partial charge on any atom is 0.193 e. The van der Waals surface area contributed by atoms with Gasteiger partial charge in [-0.15, -0.1) is 35.3 Å². The minimum absolute atomic E-state index is 0. The number of benzene rings is 1. The lowest BCUT2D eigenvalue weighted by atomic mass is 10.2. The third kappa shape index (κ3) is 7.92. The first-order valence-electron chi connectivity index (χ1n) is 9.11. The van der Waals surface area contributed by atoms with E-state index >= 15 is 0 Å². The van der Waals surface area contributed by atoms with E-state index in [2.05, 4.69) is 44.6 Å². The number of aryl methyl sites for hydroxylation is 1. The molecule has 1 aromatic heterocycles. The van der Waals surface area contributed by atoms with E-state index in [1.807, 2.05) is 26.1 Å². The molecule has 0 aliphatic carbocycles. The molecule has 1 atom stereocenters. The molecule has 1 unspecified atom stereocenters. The van der Waals surface area contributed by atoms with Crippen molar-refractivity contribution >= 4 is 41.3 Å². The van der Waals surface area contributed by atoms with Crippen LogP contribution in [0.3, 0.4) is 0 Å². The van der Waals surface area contributed by atoms with Crippen molar-refractivity contribution in [3.8, 4) is 5.75 Å². The first-order chi connectivity index (χ1) is 13.0. The number of ether oxygens (including phenoxy) is 2. The fourth-order valence-corrected chi connectivity index (χ4v) is 3.32. The normalized spacial score (nSPS) is 12.2. The minimum atomic E-state index is 0. The fraction of sp³-hybridized carbons (Fsp3) is 0.500. The van der Waals surface area contributed by atoms with Crippen LogP contribution >= 0.6 is 35.3 Å². The molecule has 0 saturated heterocycles. The Morgan fingerprint density at radius 2 is 2.04 bits per heavy atom. The number of aliphatic imine (C=N–C) groups is 1. The van der Waals surface area contributed by atoms with Crippen LogP contribution in [0.4, 0.5) is 0 Å². The largest absolute Gasteiger partial charge is 0.494 e. The Hall–Kier alpha value is -1.39. The molecule has 0 radical (unpaired) electrons. The van der Waals surface area contributed by atoms with Gasteiger partial charge in [0, 0.05) is 33.1 Å². The van der Waals surface area contributed by atoms with Crippen molar-refractivity contribution in [1.29, 1.82) is 0 Å². The Labute approximate surface area is 189 Å². The van der Waals surface area contributed by atoms with Gasteiger partial charge in [0.25, 0.3) is 0 Å². The summed E-state index contributed by atoms with van der Waals surface area (Å²) >= 11 is 1.63. The second-order valence-electron chi connectivity index (χ2n) is 6.40. The number of methoxy groups -OCH3 is 1. The van der Waals surface area contributed by atoms with Crippen molar-refractivity contribution in [2.45, 2.75) is 32.9 Å². The van der Waals surface area contributed by atoms with Gasteiger partial charge in [-0.3, -0.25) is 4.99 Å².